The number of amides is 3. The Balaban J connectivity index is 1.39. The van der Waals surface area contributed by atoms with Crippen molar-refractivity contribution in [2.24, 2.45) is 0 Å². The summed E-state index contributed by atoms with van der Waals surface area (Å²) in [7, 11) is -3.35. The second-order valence-electron chi connectivity index (χ2n) is 7.92. The number of nitrogens with zero attached hydrogens (tertiary/aromatic N) is 3. The summed E-state index contributed by atoms with van der Waals surface area (Å²) >= 11 is 0. The summed E-state index contributed by atoms with van der Waals surface area (Å²) in [6.45, 7) is 1.85. The van der Waals surface area contributed by atoms with Crippen LogP contribution < -0.4 is 0 Å². The minimum absolute atomic E-state index is 0.0121. The molecule has 0 N–H and O–H groups in total. The van der Waals surface area contributed by atoms with Gasteiger partial charge < -0.3 is 4.90 Å². The molecule has 1 aromatic carbocycles. The molecule has 152 valence electrons. The van der Waals surface area contributed by atoms with Crippen LogP contribution in [0, 0.1) is 0 Å². The Bertz CT molecular complexity index is 836. The lowest BCUT2D eigenvalue weighted by molar-refractivity contribution is -0.131. The maximum atomic E-state index is 12.9. The molecule has 1 aliphatic carbocycles. The first-order valence-corrected chi connectivity index (χ1v) is 11.8. The first-order chi connectivity index (χ1) is 13.5. The lowest BCUT2D eigenvalue weighted by Crippen LogP contribution is -2.53. The highest BCUT2D eigenvalue weighted by molar-refractivity contribution is 7.91. The number of urea groups is 1. The lowest BCUT2D eigenvalue weighted by atomic mass is 9.94. The van der Waals surface area contributed by atoms with Crippen LogP contribution in [0.5, 0.6) is 0 Å². The van der Waals surface area contributed by atoms with E-state index in [0.29, 0.717) is 31.1 Å². The third-order valence-electron chi connectivity index (χ3n) is 6.16. The molecule has 3 amide bonds. The molecule has 4 rings (SSSR count). The van der Waals surface area contributed by atoms with Crippen molar-refractivity contribution in [3.63, 3.8) is 0 Å². The maximum absolute atomic E-state index is 12.9. The molecule has 28 heavy (non-hydrogen) atoms. The molecular formula is C20H27N3O4S. The van der Waals surface area contributed by atoms with Crippen LogP contribution in [0.15, 0.2) is 35.2 Å². The highest BCUT2D eigenvalue weighted by Crippen LogP contribution is 2.30. The molecule has 7 nitrogen and oxygen atoms in total. The number of imide groups is 1. The first kappa shape index (κ1) is 19.4. The number of carbonyl (C=O) groups is 2. The second-order valence-corrected chi connectivity index (χ2v) is 10.0. The van der Waals surface area contributed by atoms with E-state index in [1.807, 2.05) is 4.90 Å². The molecule has 3 aliphatic rings. The summed E-state index contributed by atoms with van der Waals surface area (Å²) in [5.74, 6) is -0.0920. The maximum Gasteiger partial charge on any atom is 0.327 e. The van der Waals surface area contributed by atoms with Crippen LogP contribution in [0.25, 0.3) is 0 Å². The van der Waals surface area contributed by atoms with E-state index >= 15 is 0 Å². The third kappa shape index (κ3) is 3.67. The topological polar surface area (TPSA) is 78.0 Å². The van der Waals surface area contributed by atoms with E-state index in [1.54, 1.807) is 35.2 Å². The predicted octanol–water partition coefficient (Wildman–Crippen LogP) is 1.74. The van der Waals surface area contributed by atoms with E-state index in [1.165, 1.54) is 11.3 Å². The highest BCUT2D eigenvalue weighted by atomic mass is 32.2. The number of rotatable bonds is 5. The van der Waals surface area contributed by atoms with Gasteiger partial charge in [0.05, 0.1) is 10.6 Å². The van der Waals surface area contributed by atoms with Crippen LogP contribution in [-0.2, 0) is 14.6 Å². The van der Waals surface area contributed by atoms with E-state index in [-0.39, 0.29) is 23.7 Å². The molecule has 1 unspecified atom stereocenters. The Hall–Kier alpha value is -1.93. The molecule has 8 heteroatoms. The van der Waals surface area contributed by atoms with Crippen LogP contribution in [0.3, 0.4) is 0 Å². The SMILES string of the molecule is O=C1C2CN(CCS(=O)(=O)c3ccccc3)CCN2C(=O)N1C1CCCCC1. The van der Waals surface area contributed by atoms with Crippen molar-refractivity contribution in [3.05, 3.63) is 30.3 Å². The molecule has 0 bridgehead atoms. The highest BCUT2D eigenvalue weighted by Gasteiger charge is 2.49. The van der Waals surface area contributed by atoms with E-state index in [0.717, 1.165) is 25.7 Å². The number of hydrogen-bond acceptors (Lipinski definition) is 5. The van der Waals surface area contributed by atoms with Gasteiger partial charge in [-0.15, -0.1) is 0 Å². The van der Waals surface area contributed by atoms with Crippen LogP contribution in [-0.4, -0.2) is 79.1 Å². The van der Waals surface area contributed by atoms with E-state index < -0.39 is 15.9 Å². The Kier molecular flexibility index (Phi) is 5.42. The Morgan fingerprint density at radius 1 is 0.964 bits per heavy atom. The summed E-state index contributed by atoms with van der Waals surface area (Å²) in [5.41, 5.74) is 0. The van der Waals surface area contributed by atoms with Crippen LogP contribution in [0.4, 0.5) is 4.79 Å². The average Bonchev–Trinajstić information content (AvgIpc) is 2.98. The molecule has 0 radical (unpaired) electrons. The van der Waals surface area contributed by atoms with Gasteiger partial charge in [0.1, 0.15) is 6.04 Å². The normalized spacial score (nSPS) is 24.6. The second kappa shape index (κ2) is 7.83. The van der Waals surface area contributed by atoms with Gasteiger partial charge in [0.15, 0.2) is 9.84 Å². The van der Waals surface area contributed by atoms with Crippen LogP contribution in [0.1, 0.15) is 32.1 Å². The zero-order chi connectivity index (χ0) is 19.7. The van der Waals surface area contributed by atoms with Gasteiger partial charge in [0.2, 0.25) is 0 Å². The average molecular weight is 406 g/mol. The van der Waals surface area contributed by atoms with Gasteiger partial charge in [-0.05, 0) is 25.0 Å². The van der Waals surface area contributed by atoms with Crippen molar-refractivity contribution in [1.82, 2.24) is 14.7 Å². The van der Waals surface area contributed by atoms with Gasteiger partial charge in [-0.25, -0.2) is 13.2 Å². The van der Waals surface area contributed by atoms with Gasteiger partial charge in [0, 0.05) is 32.2 Å². The summed E-state index contributed by atoms with van der Waals surface area (Å²) < 4.78 is 25.0. The molecule has 0 aromatic heterocycles. The number of fused-ring (bicyclic) bond motifs is 1. The summed E-state index contributed by atoms with van der Waals surface area (Å²) in [4.78, 5) is 31.2. The lowest BCUT2D eigenvalue weighted by Gasteiger charge is -2.35. The van der Waals surface area contributed by atoms with Crippen LogP contribution >= 0.6 is 0 Å². The third-order valence-corrected chi connectivity index (χ3v) is 7.87. The molecule has 3 fully saturated rings. The Morgan fingerprint density at radius 2 is 1.68 bits per heavy atom. The van der Waals surface area contributed by atoms with E-state index in [9.17, 15) is 18.0 Å². The fourth-order valence-electron chi connectivity index (χ4n) is 4.55. The van der Waals surface area contributed by atoms with Gasteiger partial charge in [-0.3, -0.25) is 14.6 Å². The van der Waals surface area contributed by atoms with Crippen molar-refractivity contribution >= 4 is 21.8 Å². The molecule has 2 saturated heterocycles. The Labute approximate surface area is 166 Å². The minimum atomic E-state index is -3.35. The number of piperazine rings is 1. The number of benzene rings is 1. The Morgan fingerprint density at radius 3 is 2.39 bits per heavy atom. The smallest absolute Gasteiger partial charge is 0.310 e. The predicted molar refractivity (Wildman–Crippen MR) is 105 cm³/mol. The quantitative estimate of drug-likeness (QED) is 0.698. The number of sulfone groups is 1. The largest absolute Gasteiger partial charge is 0.327 e. The molecule has 2 heterocycles. The zero-order valence-electron chi connectivity index (χ0n) is 16.0. The number of carbonyl (C=O) groups excluding carboxylic acids is 2. The van der Waals surface area contributed by atoms with E-state index in [2.05, 4.69) is 0 Å². The van der Waals surface area contributed by atoms with Gasteiger partial charge in [0.25, 0.3) is 5.91 Å². The monoisotopic (exact) mass is 405 g/mol. The van der Waals surface area contributed by atoms with Crippen LogP contribution in [0.2, 0.25) is 0 Å². The molecule has 1 atom stereocenters. The van der Waals surface area contributed by atoms with Crippen molar-refractivity contribution in [3.8, 4) is 0 Å². The number of hydrogen-bond donors (Lipinski definition) is 0. The van der Waals surface area contributed by atoms with Gasteiger partial charge >= 0.3 is 6.03 Å². The molecule has 2 aliphatic heterocycles. The first-order valence-electron chi connectivity index (χ1n) is 10.1. The summed E-state index contributed by atoms with van der Waals surface area (Å²) in [5, 5.41) is 0. The minimum Gasteiger partial charge on any atom is -0.310 e. The van der Waals surface area contributed by atoms with Gasteiger partial charge in [-0.1, -0.05) is 37.5 Å². The summed E-state index contributed by atoms with van der Waals surface area (Å²) in [6.07, 6.45) is 5.10. The molecule has 1 aromatic rings. The van der Waals surface area contributed by atoms with Crippen molar-refractivity contribution < 1.29 is 18.0 Å². The molecule has 0 spiro atoms. The molecular weight excluding hydrogens is 378 g/mol. The molecule has 1 saturated carbocycles. The van der Waals surface area contributed by atoms with Crippen molar-refractivity contribution in [2.75, 3.05) is 31.9 Å². The van der Waals surface area contributed by atoms with Crippen molar-refractivity contribution in [1.29, 1.82) is 0 Å². The van der Waals surface area contributed by atoms with Crippen molar-refractivity contribution in [2.45, 2.75) is 49.1 Å². The fourth-order valence-corrected chi connectivity index (χ4v) is 5.85. The standard InChI is InChI=1S/C20H27N3O4S/c24-19-18-15-21(13-14-28(26,27)17-9-5-2-6-10-17)11-12-22(18)20(25)23(19)16-7-3-1-4-8-16/h2,5-6,9-10,16,18H,1,3-4,7-8,11-15H2. The fraction of sp³-hybridized carbons (Fsp3) is 0.600. The van der Waals surface area contributed by atoms with Gasteiger partial charge in [-0.2, -0.15) is 0 Å². The van der Waals surface area contributed by atoms with E-state index in [4.69, 9.17) is 0 Å². The summed E-state index contributed by atoms with van der Waals surface area (Å²) in [6, 6.07) is 7.84. The zero-order valence-corrected chi connectivity index (χ0v) is 16.8.